The summed E-state index contributed by atoms with van der Waals surface area (Å²) in [6.07, 6.45) is 7.30. The lowest BCUT2D eigenvalue weighted by Gasteiger charge is -2.30. The van der Waals surface area contributed by atoms with Crippen LogP contribution in [-0.2, 0) is 4.79 Å². The molecule has 0 aliphatic heterocycles. The number of benzene rings is 1. The third-order valence-corrected chi connectivity index (χ3v) is 4.43. The molecule has 0 unspecified atom stereocenters. The van der Waals surface area contributed by atoms with Crippen molar-refractivity contribution in [1.82, 2.24) is 4.90 Å². The number of carbonyl (C=O) groups is 1. The second kappa shape index (κ2) is 10.2. The molecule has 1 amide bonds. The number of allylic oxidation sites excluding steroid dienone is 2. The van der Waals surface area contributed by atoms with Gasteiger partial charge in [0.15, 0.2) is 0 Å². The molecule has 0 saturated carbocycles. The second-order valence-corrected chi connectivity index (χ2v) is 6.23. The summed E-state index contributed by atoms with van der Waals surface area (Å²) in [5, 5.41) is 10.5. The maximum absolute atomic E-state index is 12.5. The van der Waals surface area contributed by atoms with Crippen molar-refractivity contribution in [3.63, 3.8) is 0 Å². The summed E-state index contributed by atoms with van der Waals surface area (Å²) >= 11 is 0. The average molecular weight is 317 g/mol. The van der Waals surface area contributed by atoms with Gasteiger partial charge in [-0.05, 0) is 31.7 Å². The Morgan fingerprint density at radius 3 is 2.52 bits per heavy atom. The molecule has 0 spiro atoms. The van der Waals surface area contributed by atoms with E-state index >= 15 is 0 Å². The summed E-state index contributed by atoms with van der Waals surface area (Å²) in [7, 11) is 1.78. The Bertz CT molecular complexity index is 484. The minimum atomic E-state index is -0.666. The van der Waals surface area contributed by atoms with Gasteiger partial charge in [-0.2, -0.15) is 0 Å². The number of aliphatic hydroxyl groups excluding tert-OH is 1. The highest BCUT2D eigenvalue weighted by Gasteiger charge is 2.25. The Kier molecular flexibility index (Phi) is 8.64. The second-order valence-electron chi connectivity index (χ2n) is 6.23. The highest BCUT2D eigenvalue weighted by atomic mass is 16.3. The van der Waals surface area contributed by atoms with Crippen molar-refractivity contribution in [2.24, 2.45) is 5.92 Å². The van der Waals surface area contributed by atoms with Crippen molar-refractivity contribution in [3.05, 3.63) is 48.0 Å². The van der Waals surface area contributed by atoms with Crippen molar-refractivity contribution < 1.29 is 9.90 Å². The number of nitrogens with zero attached hydrogens (tertiary/aromatic N) is 1. The van der Waals surface area contributed by atoms with Gasteiger partial charge in [-0.1, -0.05) is 62.2 Å². The summed E-state index contributed by atoms with van der Waals surface area (Å²) in [5.74, 6) is 0.377. The number of likely N-dealkylation sites (N-methyl/N-ethyl adjacent to an activating group) is 1. The summed E-state index contributed by atoms with van der Waals surface area (Å²) in [6, 6.07) is 9.26. The summed E-state index contributed by atoms with van der Waals surface area (Å²) in [4.78, 5) is 14.2. The molecule has 3 atom stereocenters. The standard InChI is InChI=1S/C20H31NO2/c1-5-7-12-17(11-6-2)15-19(22)21(4)16(3)20(23)18-13-9-8-10-14-18/h6,8-11,13-14,16-17,20,23H,5,7,12,15H2,1-4H3/b11-6+/t16-,17-,20+/m0/s1. The fourth-order valence-corrected chi connectivity index (χ4v) is 2.74. The van der Waals surface area contributed by atoms with Crippen LogP contribution in [0.3, 0.4) is 0 Å². The predicted molar refractivity (Wildman–Crippen MR) is 96.1 cm³/mol. The van der Waals surface area contributed by atoms with Crippen molar-refractivity contribution in [2.75, 3.05) is 7.05 Å². The first-order valence-corrected chi connectivity index (χ1v) is 8.62. The molecule has 3 nitrogen and oxygen atoms in total. The van der Waals surface area contributed by atoms with E-state index in [2.05, 4.69) is 13.0 Å². The molecule has 0 aromatic heterocycles. The maximum Gasteiger partial charge on any atom is 0.223 e. The maximum atomic E-state index is 12.5. The van der Waals surface area contributed by atoms with Crippen molar-refractivity contribution in [3.8, 4) is 0 Å². The van der Waals surface area contributed by atoms with Gasteiger partial charge in [-0.15, -0.1) is 0 Å². The minimum Gasteiger partial charge on any atom is -0.386 e. The highest BCUT2D eigenvalue weighted by molar-refractivity contribution is 5.76. The van der Waals surface area contributed by atoms with E-state index in [0.717, 1.165) is 24.8 Å². The third kappa shape index (κ3) is 6.19. The van der Waals surface area contributed by atoms with Crippen LogP contribution in [0, 0.1) is 5.92 Å². The van der Waals surface area contributed by atoms with E-state index in [9.17, 15) is 9.90 Å². The predicted octanol–water partition coefficient (Wildman–Crippen LogP) is 4.34. The summed E-state index contributed by atoms with van der Waals surface area (Å²) < 4.78 is 0. The number of aliphatic hydroxyl groups is 1. The van der Waals surface area contributed by atoms with Crippen LogP contribution in [0.1, 0.15) is 58.1 Å². The van der Waals surface area contributed by atoms with Crippen LogP contribution in [0.5, 0.6) is 0 Å². The van der Waals surface area contributed by atoms with E-state index in [1.54, 1.807) is 11.9 Å². The van der Waals surface area contributed by atoms with Crippen LogP contribution in [0.2, 0.25) is 0 Å². The first-order chi connectivity index (χ1) is 11.0. The van der Waals surface area contributed by atoms with Gasteiger partial charge < -0.3 is 10.0 Å². The van der Waals surface area contributed by atoms with Gasteiger partial charge in [-0.3, -0.25) is 4.79 Å². The van der Waals surface area contributed by atoms with E-state index in [1.165, 1.54) is 0 Å². The van der Waals surface area contributed by atoms with Gasteiger partial charge in [0.2, 0.25) is 5.91 Å². The molecule has 0 saturated heterocycles. The number of carbonyl (C=O) groups excluding carboxylic acids is 1. The zero-order valence-electron chi connectivity index (χ0n) is 14.9. The molecule has 0 aliphatic carbocycles. The van der Waals surface area contributed by atoms with E-state index < -0.39 is 6.10 Å². The van der Waals surface area contributed by atoms with Crippen molar-refractivity contribution in [1.29, 1.82) is 0 Å². The van der Waals surface area contributed by atoms with Crippen LogP contribution < -0.4 is 0 Å². The fraction of sp³-hybridized carbons (Fsp3) is 0.550. The minimum absolute atomic E-state index is 0.0895. The monoisotopic (exact) mass is 317 g/mol. The number of amides is 1. The van der Waals surface area contributed by atoms with E-state index in [4.69, 9.17) is 0 Å². The van der Waals surface area contributed by atoms with Gasteiger partial charge in [0.1, 0.15) is 0 Å². The first kappa shape index (κ1) is 19.4. The molecular formula is C20H31NO2. The molecule has 3 heteroatoms. The molecule has 0 aliphatic rings. The molecule has 1 N–H and O–H groups in total. The largest absolute Gasteiger partial charge is 0.386 e. The molecule has 128 valence electrons. The molecule has 1 aromatic rings. The van der Waals surface area contributed by atoms with Gasteiger partial charge >= 0.3 is 0 Å². The zero-order valence-corrected chi connectivity index (χ0v) is 14.9. The van der Waals surface area contributed by atoms with E-state index in [0.29, 0.717) is 6.42 Å². The number of rotatable bonds is 9. The highest BCUT2D eigenvalue weighted by Crippen LogP contribution is 2.22. The molecular weight excluding hydrogens is 286 g/mol. The lowest BCUT2D eigenvalue weighted by Crippen LogP contribution is -2.39. The van der Waals surface area contributed by atoms with Crippen LogP contribution in [0.15, 0.2) is 42.5 Å². The molecule has 1 rings (SSSR count). The van der Waals surface area contributed by atoms with E-state index in [1.807, 2.05) is 50.3 Å². The first-order valence-electron chi connectivity index (χ1n) is 8.62. The number of hydrogen-bond acceptors (Lipinski definition) is 2. The zero-order chi connectivity index (χ0) is 17.2. The van der Waals surface area contributed by atoms with Crippen LogP contribution >= 0.6 is 0 Å². The Morgan fingerprint density at radius 1 is 1.30 bits per heavy atom. The smallest absolute Gasteiger partial charge is 0.223 e. The van der Waals surface area contributed by atoms with Crippen LogP contribution in [-0.4, -0.2) is 29.0 Å². The Hall–Kier alpha value is -1.61. The normalized spacial score (nSPS) is 15.3. The van der Waals surface area contributed by atoms with Gasteiger partial charge in [0.25, 0.3) is 0 Å². The number of unbranched alkanes of at least 4 members (excludes halogenated alkanes) is 1. The van der Waals surface area contributed by atoms with Gasteiger partial charge in [0.05, 0.1) is 12.1 Å². The molecule has 23 heavy (non-hydrogen) atoms. The quantitative estimate of drug-likeness (QED) is 0.688. The Balaban J connectivity index is 2.66. The third-order valence-electron chi connectivity index (χ3n) is 4.43. The van der Waals surface area contributed by atoms with Crippen molar-refractivity contribution in [2.45, 2.75) is 58.6 Å². The Morgan fingerprint density at radius 2 is 1.96 bits per heavy atom. The van der Waals surface area contributed by atoms with Crippen LogP contribution in [0.4, 0.5) is 0 Å². The molecule has 0 fully saturated rings. The molecule has 0 bridgehead atoms. The van der Waals surface area contributed by atoms with Crippen LogP contribution in [0.25, 0.3) is 0 Å². The van der Waals surface area contributed by atoms with Gasteiger partial charge in [-0.25, -0.2) is 0 Å². The summed E-state index contributed by atoms with van der Waals surface area (Å²) in [5.41, 5.74) is 0.843. The molecule has 0 heterocycles. The summed E-state index contributed by atoms with van der Waals surface area (Å²) in [6.45, 7) is 6.06. The topological polar surface area (TPSA) is 40.5 Å². The molecule has 1 aromatic carbocycles. The Labute approximate surface area is 141 Å². The van der Waals surface area contributed by atoms with Crippen molar-refractivity contribution >= 4 is 5.91 Å². The lowest BCUT2D eigenvalue weighted by molar-refractivity contribution is -0.134. The molecule has 0 radical (unpaired) electrons. The fourth-order valence-electron chi connectivity index (χ4n) is 2.74. The average Bonchev–Trinajstić information content (AvgIpc) is 2.58. The number of hydrogen-bond donors (Lipinski definition) is 1. The van der Waals surface area contributed by atoms with E-state index in [-0.39, 0.29) is 17.9 Å². The SMILES string of the molecule is C/C=C/[C@@H](CCCC)CC(=O)N(C)[C@@H](C)[C@@H](O)c1ccccc1. The van der Waals surface area contributed by atoms with Gasteiger partial charge in [0, 0.05) is 13.5 Å². The lowest BCUT2D eigenvalue weighted by atomic mass is 9.96.